The highest BCUT2D eigenvalue weighted by molar-refractivity contribution is 5.69. The third-order valence-corrected chi connectivity index (χ3v) is 2.94. The molecule has 0 aliphatic carbocycles. The van der Waals surface area contributed by atoms with Gasteiger partial charge in [-0.15, -0.1) is 0 Å². The second kappa shape index (κ2) is 6.66. The smallest absolute Gasteiger partial charge is 0.313 e. The van der Waals surface area contributed by atoms with E-state index in [0.29, 0.717) is 16.8 Å². The predicted molar refractivity (Wildman–Crippen MR) is 62.4 cm³/mol. The molecule has 0 saturated carbocycles. The topological polar surface area (TPSA) is 17.1 Å². The van der Waals surface area contributed by atoms with Crippen LogP contribution in [0.3, 0.4) is 0 Å². The number of hydrogen-bond acceptors (Lipinski definition) is 1. The van der Waals surface area contributed by atoms with Crippen molar-refractivity contribution in [3.63, 3.8) is 0 Å². The summed E-state index contributed by atoms with van der Waals surface area (Å²) in [5.41, 5.74) is 1.24. The van der Waals surface area contributed by atoms with Crippen molar-refractivity contribution in [1.82, 2.24) is 0 Å². The molecule has 16 heavy (non-hydrogen) atoms. The third-order valence-electron chi connectivity index (χ3n) is 2.94. The molecule has 1 rings (SSSR count). The van der Waals surface area contributed by atoms with E-state index in [2.05, 4.69) is 12.1 Å². The van der Waals surface area contributed by atoms with Gasteiger partial charge in [0.15, 0.2) is 0 Å². The molecule has 0 bridgehead atoms. The Hall–Kier alpha value is -0.860. The highest BCUT2D eigenvalue weighted by atomic mass is 35.5. The van der Waals surface area contributed by atoms with Crippen LogP contribution < -0.4 is 12.4 Å². The molecule has 3 heteroatoms. The molecule has 0 saturated heterocycles. The van der Waals surface area contributed by atoms with Crippen LogP contribution in [0.1, 0.15) is 18.9 Å². The third kappa shape index (κ3) is 4.33. The molecular weight excluding hydrogens is 222 g/mol. The van der Waals surface area contributed by atoms with E-state index in [1.54, 1.807) is 0 Å². The van der Waals surface area contributed by atoms with Crippen molar-refractivity contribution in [1.29, 1.82) is 0 Å². The normalized spacial score (nSPS) is 10.7. The Kier molecular flexibility index (Phi) is 6.31. The van der Waals surface area contributed by atoms with Gasteiger partial charge in [0.05, 0.1) is 27.1 Å². The van der Waals surface area contributed by atoms with Crippen molar-refractivity contribution in [2.24, 2.45) is 0 Å². The zero-order valence-corrected chi connectivity index (χ0v) is 11.0. The van der Waals surface area contributed by atoms with E-state index in [1.807, 2.05) is 39.2 Å². The van der Waals surface area contributed by atoms with Crippen molar-refractivity contribution in [2.75, 3.05) is 20.6 Å². The molecule has 2 nitrogen and oxygen atoms in total. The van der Waals surface area contributed by atoms with Crippen molar-refractivity contribution in [3.8, 4) is 0 Å². The van der Waals surface area contributed by atoms with E-state index in [-0.39, 0.29) is 12.4 Å². The summed E-state index contributed by atoms with van der Waals surface area (Å²) >= 11 is 0. The molecular formula is C13H20ClNO. The van der Waals surface area contributed by atoms with E-state index < -0.39 is 0 Å². The molecule has 0 spiro atoms. The summed E-state index contributed by atoms with van der Waals surface area (Å²) in [6, 6.07) is 10.2. The first kappa shape index (κ1) is 15.1. The van der Waals surface area contributed by atoms with Gasteiger partial charge in [-0.1, -0.05) is 30.3 Å². The van der Waals surface area contributed by atoms with Crippen molar-refractivity contribution in [3.05, 3.63) is 35.9 Å². The van der Waals surface area contributed by atoms with Gasteiger partial charge >= 0.3 is 5.91 Å². The van der Waals surface area contributed by atoms with Crippen LogP contribution in [0.15, 0.2) is 30.3 Å². The molecule has 0 N–H and O–H groups in total. The van der Waals surface area contributed by atoms with Crippen molar-refractivity contribution >= 4 is 5.91 Å². The lowest BCUT2D eigenvalue weighted by molar-refractivity contribution is -0.812. The first-order chi connectivity index (χ1) is 7.06. The lowest BCUT2D eigenvalue weighted by Gasteiger charge is -2.24. The maximum Gasteiger partial charge on any atom is 0.313 e. The van der Waals surface area contributed by atoms with Gasteiger partial charge < -0.3 is 12.4 Å². The van der Waals surface area contributed by atoms with E-state index >= 15 is 0 Å². The van der Waals surface area contributed by atoms with Gasteiger partial charge in [0.2, 0.25) is 0 Å². The summed E-state index contributed by atoms with van der Waals surface area (Å²) in [4.78, 5) is 11.8. The molecule has 0 radical (unpaired) electrons. The Balaban J connectivity index is 0.00000225. The standard InChI is InChI=1S/C13H20NO.ClH/c1-4-14(2,3)13(15)11-10-12-8-6-5-7-9-12;/h5-9H,4,10-11H2,1-3H3;1H/q+1;/p-1. The Morgan fingerprint density at radius 3 is 2.25 bits per heavy atom. The van der Waals surface area contributed by atoms with E-state index in [4.69, 9.17) is 0 Å². The molecule has 0 atom stereocenters. The number of aryl methyl sites for hydroxylation is 1. The second-order valence-electron chi connectivity index (χ2n) is 4.38. The summed E-state index contributed by atoms with van der Waals surface area (Å²) in [5.74, 6) is 0.307. The van der Waals surface area contributed by atoms with Gasteiger partial charge in [0.25, 0.3) is 0 Å². The Labute approximate surface area is 104 Å². The average Bonchev–Trinajstić information content (AvgIpc) is 2.27. The van der Waals surface area contributed by atoms with Gasteiger partial charge in [-0.3, -0.25) is 4.48 Å². The minimum absolute atomic E-state index is 0. The van der Waals surface area contributed by atoms with Gasteiger partial charge in [-0.05, 0) is 18.9 Å². The van der Waals surface area contributed by atoms with E-state index in [1.165, 1.54) is 5.56 Å². The van der Waals surface area contributed by atoms with Gasteiger partial charge in [-0.25, -0.2) is 4.79 Å². The fourth-order valence-corrected chi connectivity index (χ4v) is 1.37. The van der Waals surface area contributed by atoms with Gasteiger partial charge in [-0.2, -0.15) is 0 Å². The van der Waals surface area contributed by atoms with E-state index in [9.17, 15) is 4.79 Å². The van der Waals surface area contributed by atoms with Crippen LogP contribution in [0.4, 0.5) is 0 Å². The first-order valence-electron chi connectivity index (χ1n) is 5.46. The molecule has 1 aromatic carbocycles. The quantitative estimate of drug-likeness (QED) is 0.634. The van der Waals surface area contributed by atoms with Crippen LogP contribution >= 0.6 is 0 Å². The zero-order valence-electron chi connectivity index (χ0n) is 10.2. The summed E-state index contributed by atoms with van der Waals surface area (Å²) < 4.78 is 0.479. The number of benzene rings is 1. The Bertz CT molecular complexity index is 322. The lowest BCUT2D eigenvalue weighted by Crippen LogP contribution is -3.00. The maximum absolute atomic E-state index is 11.8. The zero-order chi connectivity index (χ0) is 11.3. The van der Waals surface area contributed by atoms with Crippen LogP contribution in [0.2, 0.25) is 0 Å². The first-order valence-corrected chi connectivity index (χ1v) is 5.46. The fourth-order valence-electron chi connectivity index (χ4n) is 1.37. The second-order valence-corrected chi connectivity index (χ2v) is 4.38. The Morgan fingerprint density at radius 1 is 1.19 bits per heavy atom. The van der Waals surface area contributed by atoms with Crippen LogP contribution in [0.5, 0.6) is 0 Å². The van der Waals surface area contributed by atoms with Crippen LogP contribution in [-0.2, 0) is 11.2 Å². The van der Waals surface area contributed by atoms with Crippen molar-refractivity contribution in [2.45, 2.75) is 19.8 Å². The molecule has 1 amide bonds. The number of nitrogens with zero attached hydrogens (tertiary/aromatic N) is 1. The van der Waals surface area contributed by atoms with Gasteiger partial charge in [0.1, 0.15) is 0 Å². The van der Waals surface area contributed by atoms with Crippen LogP contribution in [0, 0.1) is 0 Å². The molecule has 0 aliphatic rings. The minimum Gasteiger partial charge on any atom is -1.00 e. The number of amides is 1. The number of halogens is 1. The minimum atomic E-state index is 0. The van der Waals surface area contributed by atoms with Crippen LogP contribution in [-0.4, -0.2) is 31.0 Å². The highest BCUT2D eigenvalue weighted by Gasteiger charge is 2.22. The van der Waals surface area contributed by atoms with Crippen LogP contribution in [0.25, 0.3) is 0 Å². The van der Waals surface area contributed by atoms with Gasteiger partial charge in [0, 0.05) is 0 Å². The molecule has 90 valence electrons. The highest BCUT2D eigenvalue weighted by Crippen LogP contribution is 2.07. The molecule has 0 fully saturated rings. The number of quaternary nitrogens is 1. The number of rotatable bonds is 4. The molecule has 1 aromatic rings. The molecule has 0 aliphatic heterocycles. The van der Waals surface area contributed by atoms with E-state index in [0.717, 1.165) is 13.0 Å². The largest absolute Gasteiger partial charge is 1.00 e. The SMILES string of the molecule is CC[N+](C)(C)C(=O)CCc1ccccc1.[Cl-]. The number of hydrogen-bond donors (Lipinski definition) is 0. The predicted octanol–water partition coefficient (Wildman–Crippen LogP) is -0.754. The summed E-state index contributed by atoms with van der Waals surface area (Å²) in [6.45, 7) is 2.90. The molecule has 0 heterocycles. The Morgan fingerprint density at radius 2 is 1.75 bits per heavy atom. The average molecular weight is 242 g/mol. The summed E-state index contributed by atoms with van der Waals surface area (Å²) in [7, 11) is 3.93. The summed E-state index contributed by atoms with van der Waals surface area (Å²) in [5, 5.41) is 0. The van der Waals surface area contributed by atoms with Crippen molar-refractivity contribution < 1.29 is 21.7 Å². The maximum atomic E-state index is 11.8. The molecule has 0 aromatic heterocycles. The fraction of sp³-hybridized carbons (Fsp3) is 0.462. The lowest BCUT2D eigenvalue weighted by atomic mass is 10.1. The summed E-state index contributed by atoms with van der Waals surface area (Å²) in [6.07, 6.45) is 1.48. The monoisotopic (exact) mass is 241 g/mol. The number of carbonyl (C=O) groups excluding carboxylic acids is 1. The number of carbonyl (C=O) groups is 1. The molecule has 0 unspecified atom stereocenters.